The summed E-state index contributed by atoms with van der Waals surface area (Å²) < 4.78 is 0. The van der Waals surface area contributed by atoms with Crippen molar-refractivity contribution in [2.75, 3.05) is 98.4 Å². The van der Waals surface area contributed by atoms with Crippen LogP contribution in [-0.2, 0) is 0 Å². The number of rotatable bonds is 0. The predicted octanol–water partition coefficient (Wildman–Crippen LogP) is 2.10. The van der Waals surface area contributed by atoms with Crippen molar-refractivity contribution in [2.24, 2.45) is 20.0 Å². The van der Waals surface area contributed by atoms with Crippen molar-refractivity contribution in [2.45, 2.75) is 99.7 Å². The number of nitrogens with zero attached hydrogens (tertiary/aromatic N) is 8. The number of nitrogens with one attached hydrogen (secondary N) is 4. The summed E-state index contributed by atoms with van der Waals surface area (Å²) in [7, 11) is 0. The first-order valence-electron chi connectivity index (χ1n) is 20.3. The summed E-state index contributed by atoms with van der Waals surface area (Å²) >= 11 is 8.35. The van der Waals surface area contributed by atoms with Gasteiger partial charge in [0.15, 0.2) is 23.8 Å². The van der Waals surface area contributed by atoms with E-state index in [-0.39, 0.29) is 0 Å². The van der Waals surface area contributed by atoms with E-state index in [0.717, 1.165) is 122 Å². The van der Waals surface area contributed by atoms with E-state index in [1.54, 1.807) is 0 Å². The Morgan fingerprint density at radius 3 is 0.846 bits per heavy atom. The van der Waals surface area contributed by atoms with Crippen molar-refractivity contribution in [1.82, 2.24) is 40.9 Å². The molecule has 8 atom stereocenters. The largest absolute Gasteiger partial charge is 0.353 e. The zero-order valence-electron chi connectivity index (χ0n) is 30.8. The highest BCUT2D eigenvalue weighted by Gasteiger charge is 2.33. The topological polar surface area (TPSA) is 111 Å². The summed E-state index contributed by atoms with van der Waals surface area (Å²) in [5, 5.41) is 15.4. The van der Waals surface area contributed by atoms with Crippen LogP contribution in [0.4, 0.5) is 0 Å². The first kappa shape index (κ1) is 36.1. The molecule has 4 N–H and O–H groups in total. The standard InChI is InChI=1S/C36H60N12S4/c1-9-45-10-2-26-19-50-20-28-5-13-47-14-6-31(42-35(47)41-28)23-52-24-32-8-16-48-15-7-30(43-36(48)44-32)22-51-21-29-4-12-46-11-3-27(39-34(46)40-29)18-49-17-25(1)37-33(45)38-26/h25-32H,1-24H2,(H,37,38)(H,39,40)(H,41,42)(H,43,44)/t25-,26-,27-,28+,29+,30-,31-,32-/m1/s1. The van der Waals surface area contributed by atoms with E-state index >= 15 is 0 Å². The van der Waals surface area contributed by atoms with E-state index in [1.807, 2.05) is 0 Å². The number of guanidine groups is 4. The summed E-state index contributed by atoms with van der Waals surface area (Å²) in [6.07, 6.45) is 9.51. The van der Waals surface area contributed by atoms with E-state index in [0.29, 0.717) is 48.3 Å². The molecule has 9 heterocycles. The molecule has 0 radical (unpaired) electrons. The van der Waals surface area contributed by atoms with Gasteiger partial charge in [0.1, 0.15) is 0 Å². The van der Waals surface area contributed by atoms with E-state index in [4.69, 9.17) is 20.0 Å². The van der Waals surface area contributed by atoms with Crippen LogP contribution in [0.1, 0.15) is 51.4 Å². The second kappa shape index (κ2) is 17.1. The monoisotopic (exact) mass is 788 g/mol. The maximum absolute atomic E-state index is 5.26. The molecule has 9 aliphatic heterocycles. The lowest BCUT2D eigenvalue weighted by Gasteiger charge is -2.41. The van der Waals surface area contributed by atoms with Crippen LogP contribution in [0, 0.1) is 0 Å². The van der Waals surface area contributed by atoms with Crippen LogP contribution in [0.2, 0.25) is 0 Å². The summed E-state index contributed by atoms with van der Waals surface area (Å²) in [5.41, 5.74) is 0. The molecule has 9 rings (SSSR count). The number of fused-ring (bicyclic) bond motifs is 8. The Bertz CT molecular complexity index is 1270. The molecule has 52 heavy (non-hydrogen) atoms. The molecule has 0 amide bonds. The Kier molecular flexibility index (Phi) is 11.9. The summed E-state index contributed by atoms with van der Waals surface area (Å²) in [6.45, 7) is 9.08. The van der Waals surface area contributed by atoms with E-state index in [1.165, 1.54) is 51.4 Å². The van der Waals surface area contributed by atoms with Crippen LogP contribution >= 0.6 is 47.0 Å². The minimum atomic E-state index is 0.407. The van der Waals surface area contributed by atoms with Gasteiger partial charge in [0.25, 0.3) is 0 Å². The summed E-state index contributed by atoms with van der Waals surface area (Å²) in [6, 6.07) is 3.67. The lowest BCUT2D eigenvalue weighted by molar-refractivity contribution is 0.302. The molecule has 0 aliphatic carbocycles. The number of thioether (sulfide) groups is 4. The third-order valence-corrected chi connectivity index (χ3v) is 17.2. The molecule has 12 nitrogen and oxygen atoms in total. The Labute approximate surface area is 328 Å². The lowest BCUT2D eigenvalue weighted by atomic mass is 10.1. The molecule has 0 saturated carbocycles. The van der Waals surface area contributed by atoms with Crippen molar-refractivity contribution in [1.29, 1.82) is 0 Å². The molecule has 9 aliphatic rings. The van der Waals surface area contributed by atoms with Crippen molar-refractivity contribution in [3.63, 3.8) is 0 Å². The quantitative estimate of drug-likeness (QED) is 0.289. The van der Waals surface area contributed by atoms with Gasteiger partial charge in [-0.1, -0.05) is 0 Å². The predicted molar refractivity (Wildman–Crippen MR) is 225 cm³/mol. The minimum Gasteiger partial charge on any atom is -0.353 e. The van der Waals surface area contributed by atoms with Crippen molar-refractivity contribution in [3.05, 3.63) is 0 Å². The molecular formula is C36H60N12S4. The third kappa shape index (κ3) is 8.95. The minimum absolute atomic E-state index is 0.407. The van der Waals surface area contributed by atoms with Gasteiger partial charge in [-0.05, 0) is 51.4 Å². The fourth-order valence-corrected chi connectivity index (χ4v) is 13.7. The maximum atomic E-state index is 5.26. The van der Waals surface area contributed by atoms with Crippen LogP contribution in [0.3, 0.4) is 0 Å². The Morgan fingerprint density at radius 1 is 0.327 bits per heavy atom. The Hall–Kier alpha value is -1.52. The van der Waals surface area contributed by atoms with Gasteiger partial charge < -0.3 is 40.9 Å². The molecule has 4 fully saturated rings. The first-order chi connectivity index (χ1) is 25.7. The molecule has 12 bridgehead atoms. The Balaban J connectivity index is 0.844. The maximum Gasteiger partial charge on any atom is 0.194 e. The highest BCUT2D eigenvalue weighted by molar-refractivity contribution is 8.00. The second-order valence-corrected chi connectivity index (χ2v) is 20.5. The van der Waals surface area contributed by atoms with E-state index < -0.39 is 0 Å². The molecule has 16 heteroatoms. The van der Waals surface area contributed by atoms with E-state index in [9.17, 15) is 0 Å². The molecular weight excluding hydrogens is 729 g/mol. The van der Waals surface area contributed by atoms with Crippen molar-refractivity contribution in [3.8, 4) is 0 Å². The van der Waals surface area contributed by atoms with Crippen LogP contribution in [0.5, 0.6) is 0 Å². The zero-order valence-corrected chi connectivity index (χ0v) is 34.1. The molecule has 0 unspecified atom stereocenters. The Morgan fingerprint density at radius 2 is 0.558 bits per heavy atom. The van der Waals surface area contributed by atoms with Crippen molar-refractivity contribution >= 4 is 70.9 Å². The summed E-state index contributed by atoms with van der Waals surface area (Å²) in [5.74, 6) is 13.6. The van der Waals surface area contributed by atoms with Crippen LogP contribution < -0.4 is 21.3 Å². The lowest BCUT2D eigenvalue weighted by Crippen LogP contribution is -2.57. The SMILES string of the molecule is C1CN2CC[C@@H]3CSC[C@H]4CCN5CC[C@@H](CSC[C@H]6CCN7CC[C@H](CSC[C@H]8CCN9CC[C@@H](CSC[C@@H]1N=C2N3)N=C9N8)N=C7N6)NC5=N4. The van der Waals surface area contributed by atoms with Gasteiger partial charge in [-0.2, -0.15) is 47.0 Å². The third-order valence-electron chi connectivity index (χ3n) is 12.2. The van der Waals surface area contributed by atoms with Crippen LogP contribution in [0.25, 0.3) is 0 Å². The normalized spacial score (nSPS) is 37.5. The second-order valence-electron chi connectivity index (χ2n) is 16.2. The number of aliphatic imine (C=N–C) groups is 4. The van der Waals surface area contributed by atoms with Gasteiger partial charge in [-0.25, -0.2) is 20.0 Å². The van der Waals surface area contributed by atoms with Crippen LogP contribution in [-0.4, -0.2) is 190 Å². The fourth-order valence-electron chi connectivity index (χ4n) is 8.94. The smallest absolute Gasteiger partial charge is 0.194 e. The number of hydrogen-bond donors (Lipinski definition) is 4. The fraction of sp³-hybridized carbons (Fsp3) is 0.889. The molecule has 0 aromatic carbocycles. The van der Waals surface area contributed by atoms with Crippen LogP contribution in [0.15, 0.2) is 20.0 Å². The molecule has 288 valence electrons. The van der Waals surface area contributed by atoms with Gasteiger partial charge in [-0.15, -0.1) is 0 Å². The average Bonchev–Trinajstić information content (AvgIpc) is 3.17. The van der Waals surface area contributed by atoms with Gasteiger partial charge in [0.2, 0.25) is 0 Å². The molecule has 4 saturated heterocycles. The van der Waals surface area contributed by atoms with Gasteiger partial charge in [0.05, 0.1) is 24.2 Å². The number of hydrogen-bond acceptors (Lipinski definition) is 16. The van der Waals surface area contributed by atoms with E-state index in [2.05, 4.69) is 87.9 Å². The first-order valence-corrected chi connectivity index (χ1v) is 25.0. The molecule has 0 aromatic rings. The van der Waals surface area contributed by atoms with Crippen molar-refractivity contribution < 1.29 is 0 Å². The average molecular weight is 789 g/mol. The highest BCUT2D eigenvalue weighted by Crippen LogP contribution is 2.26. The molecule has 0 spiro atoms. The molecule has 0 aromatic heterocycles. The highest BCUT2D eigenvalue weighted by atomic mass is 32.2. The zero-order chi connectivity index (χ0) is 34.7. The summed E-state index contributed by atoms with van der Waals surface area (Å²) in [4.78, 5) is 31.0. The van der Waals surface area contributed by atoms with Gasteiger partial charge >= 0.3 is 0 Å². The van der Waals surface area contributed by atoms with Gasteiger partial charge in [0, 0.05) is 123 Å². The van der Waals surface area contributed by atoms with Gasteiger partial charge in [-0.3, -0.25) is 0 Å².